The second-order valence-corrected chi connectivity index (χ2v) is 4.21. The standard InChI is InChI=1S/C12H15NO3S/c1-3-6-11(14)13-17-10-8-5-4-7-9(10)12(15)16-2/h4-5,7-8H,3,6H2,1-2H3,(H,13,14). The van der Waals surface area contributed by atoms with Crippen LogP contribution in [0.1, 0.15) is 30.1 Å². The number of hydrogen-bond donors (Lipinski definition) is 1. The fourth-order valence-electron chi connectivity index (χ4n) is 1.22. The molecule has 1 amide bonds. The molecule has 0 unspecified atom stereocenters. The largest absolute Gasteiger partial charge is 0.465 e. The SMILES string of the molecule is CCCC(=O)NSc1ccccc1C(=O)OC. The molecule has 0 aliphatic heterocycles. The van der Waals surface area contributed by atoms with Gasteiger partial charge in [-0.3, -0.25) is 9.52 Å². The molecule has 92 valence electrons. The molecule has 0 atom stereocenters. The van der Waals surface area contributed by atoms with E-state index in [9.17, 15) is 9.59 Å². The molecular formula is C12H15NO3S. The molecule has 0 aromatic heterocycles. The van der Waals surface area contributed by atoms with Gasteiger partial charge in [0.15, 0.2) is 0 Å². The predicted octanol–water partition coefficient (Wildman–Crippen LogP) is 2.40. The zero-order valence-corrected chi connectivity index (χ0v) is 10.7. The molecule has 0 aliphatic rings. The first-order valence-electron chi connectivity index (χ1n) is 5.32. The number of rotatable bonds is 5. The lowest BCUT2D eigenvalue weighted by atomic mass is 10.2. The monoisotopic (exact) mass is 253 g/mol. The van der Waals surface area contributed by atoms with Crippen molar-refractivity contribution in [3.05, 3.63) is 29.8 Å². The molecule has 0 bridgehead atoms. The molecule has 0 heterocycles. The van der Waals surface area contributed by atoms with E-state index in [2.05, 4.69) is 9.46 Å². The van der Waals surface area contributed by atoms with Gasteiger partial charge in [0.05, 0.1) is 12.7 Å². The van der Waals surface area contributed by atoms with Gasteiger partial charge in [-0.15, -0.1) is 0 Å². The van der Waals surface area contributed by atoms with E-state index in [0.717, 1.165) is 18.4 Å². The van der Waals surface area contributed by atoms with E-state index in [4.69, 9.17) is 0 Å². The van der Waals surface area contributed by atoms with Crippen molar-refractivity contribution >= 4 is 23.8 Å². The maximum absolute atomic E-state index is 11.5. The van der Waals surface area contributed by atoms with Crippen LogP contribution in [0.2, 0.25) is 0 Å². The highest BCUT2D eigenvalue weighted by molar-refractivity contribution is 7.98. The van der Waals surface area contributed by atoms with Crippen molar-refractivity contribution in [1.29, 1.82) is 0 Å². The van der Waals surface area contributed by atoms with Crippen LogP contribution in [0.15, 0.2) is 29.2 Å². The van der Waals surface area contributed by atoms with Crippen LogP contribution in [0.5, 0.6) is 0 Å². The van der Waals surface area contributed by atoms with Gasteiger partial charge in [-0.1, -0.05) is 19.1 Å². The van der Waals surface area contributed by atoms with Crippen LogP contribution in [-0.4, -0.2) is 19.0 Å². The minimum atomic E-state index is -0.405. The second-order valence-electron chi connectivity index (χ2n) is 3.37. The molecule has 1 rings (SSSR count). The summed E-state index contributed by atoms with van der Waals surface area (Å²) in [5.41, 5.74) is 0.455. The molecule has 0 saturated heterocycles. The van der Waals surface area contributed by atoms with E-state index in [1.54, 1.807) is 24.3 Å². The van der Waals surface area contributed by atoms with Crippen molar-refractivity contribution in [3.63, 3.8) is 0 Å². The molecule has 1 aromatic rings. The highest BCUT2D eigenvalue weighted by atomic mass is 32.2. The van der Waals surface area contributed by atoms with E-state index in [1.165, 1.54) is 7.11 Å². The van der Waals surface area contributed by atoms with Crippen LogP contribution in [0.25, 0.3) is 0 Å². The zero-order valence-electron chi connectivity index (χ0n) is 9.86. The summed E-state index contributed by atoms with van der Waals surface area (Å²) >= 11 is 1.14. The van der Waals surface area contributed by atoms with Crippen LogP contribution < -0.4 is 4.72 Å². The first-order chi connectivity index (χ1) is 8.19. The molecule has 1 N–H and O–H groups in total. The lowest BCUT2D eigenvalue weighted by molar-refractivity contribution is -0.119. The van der Waals surface area contributed by atoms with Gasteiger partial charge in [-0.2, -0.15) is 0 Å². The number of carbonyl (C=O) groups excluding carboxylic acids is 2. The van der Waals surface area contributed by atoms with Crippen LogP contribution in [0.3, 0.4) is 0 Å². The van der Waals surface area contributed by atoms with E-state index in [0.29, 0.717) is 16.9 Å². The molecule has 5 heteroatoms. The topological polar surface area (TPSA) is 55.4 Å². The smallest absolute Gasteiger partial charge is 0.339 e. The quantitative estimate of drug-likeness (QED) is 0.646. The van der Waals surface area contributed by atoms with E-state index in [-0.39, 0.29) is 5.91 Å². The summed E-state index contributed by atoms with van der Waals surface area (Å²) in [6, 6.07) is 6.99. The van der Waals surface area contributed by atoms with Crippen molar-refractivity contribution in [3.8, 4) is 0 Å². The van der Waals surface area contributed by atoms with Gasteiger partial charge < -0.3 is 4.74 Å². The third-order valence-corrected chi connectivity index (χ3v) is 2.95. The minimum absolute atomic E-state index is 0.0443. The van der Waals surface area contributed by atoms with Crippen molar-refractivity contribution < 1.29 is 14.3 Å². The molecule has 17 heavy (non-hydrogen) atoms. The summed E-state index contributed by atoms with van der Waals surface area (Å²) in [5.74, 6) is -0.449. The number of amides is 1. The molecule has 0 aliphatic carbocycles. The first kappa shape index (κ1) is 13.6. The van der Waals surface area contributed by atoms with Crippen LogP contribution in [-0.2, 0) is 9.53 Å². The summed E-state index contributed by atoms with van der Waals surface area (Å²) < 4.78 is 7.36. The van der Waals surface area contributed by atoms with E-state index < -0.39 is 5.97 Å². The van der Waals surface area contributed by atoms with Crippen LogP contribution in [0.4, 0.5) is 0 Å². The van der Waals surface area contributed by atoms with Crippen molar-refractivity contribution in [1.82, 2.24) is 4.72 Å². The van der Waals surface area contributed by atoms with Crippen LogP contribution in [0, 0.1) is 0 Å². The average molecular weight is 253 g/mol. The second kappa shape index (κ2) is 6.96. The molecule has 1 aromatic carbocycles. The number of ether oxygens (including phenoxy) is 1. The van der Waals surface area contributed by atoms with Crippen molar-refractivity contribution in [2.75, 3.05) is 7.11 Å². The third kappa shape index (κ3) is 4.11. The molecule has 0 spiro atoms. The first-order valence-corrected chi connectivity index (χ1v) is 6.13. The molecular weight excluding hydrogens is 238 g/mol. The lowest BCUT2D eigenvalue weighted by Gasteiger charge is -2.07. The van der Waals surface area contributed by atoms with Gasteiger partial charge in [0.25, 0.3) is 0 Å². The van der Waals surface area contributed by atoms with Gasteiger partial charge in [0.1, 0.15) is 0 Å². The van der Waals surface area contributed by atoms with Gasteiger partial charge in [-0.25, -0.2) is 4.79 Å². The Bertz CT molecular complexity index is 406. The number of methoxy groups -OCH3 is 1. The van der Waals surface area contributed by atoms with E-state index >= 15 is 0 Å². The normalized spacial score (nSPS) is 9.76. The molecule has 0 radical (unpaired) electrons. The Morgan fingerprint density at radius 3 is 2.71 bits per heavy atom. The van der Waals surface area contributed by atoms with Crippen molar-refractivity contribution in [2.45, 2.75) is 24.7 Å². The lowest BCUT2D eigenvalue weighted by Crippen LogP contribution is -2.15. The van der Waals surface area contributed by atoms with Crippen LogP contribution >= 0.6 is 11.9 Å². The Hall–Kier alpha value is -1.49. The molecule has 4 nitrogen and oxygen atoms in total. The highest BCUT2D eigenvalue weighted by Gasteiger charge is 2.12. The fourth-order valence-corrected chi connectivity index (χ4v) is 1.96. The Labute approximate surface area is 105 Å². The zero-order chi connectivity index (χ0) is 12.7. The number of nitrogens with one attached hydrogen (secondary N) is 1. The maximum Gasteiger partial charge on any atom is 0.339 e. The summed E-state index contributed by atoms with van der Waals surface area (Å²) in [5, 5.41) is 0. The average Bonchev–Trinajstić information content (AvgIpc) is 2.36. The van der Waals surface area contributed by atoms with Gasteiger partial charge in [0.2, 0.25) is 5.91 Å². The summed E-state index contributed by atoms with van der Waals surface area (Å²) in [6.07, 6.45) is 1.28. The highest BCUT2D eigenvalue weighted by Crippen LogP contribution is 2.20. The Morgan fingerprint density at radius 1 is 1.35 bits per heavy atom. The summed E-state index contributed by atoms with van der Waals surface area (Å²) in [6.45, 7) is 1.94. The Kier molecular flexibility index (Phi) is 5.56. The van der Waals surface area contributed by atoms with Gasteiger partial charge >= 0.3 is 5.97 Å². The summed E-state index contributed by atoms with van der Waals surface area (Å²) in [4.78, 5) is 23.5. The predicted molar refractivity (Wildman–Crippen MR) is 66.7 cm³/mol. The maximum atomic E-state index is 11.5. The van der Waals surface area contributed by atoms with Crippen molar-refractivity contribution in [2.24, 2.45) is 0 Å². The molecule has 0 saturated carbocycles. The van der Waals surface area contributed by atoms with Gasteiger partial charge in [0, 0.05) is 11.3 Å². The summed E-state index contributed by atoms with van der Waals surface area (Å²) in [7, 11) is 1.33. The number of benzene rings is 1. The third-order valence-electron chi connectivity index (χ3n) is 2.04. The minimum Gasteiger partial charge on any atom is -0.465 e. The Balaban J connectivity index is 2.70. The number of esters is 1. The number of carbonyl (C=O) groups is 2. The fraction of sp³-hybridized carbons (Fsp3) is 0.333. The van der Waals surface area contributed by atoms with E-state index in [1.807, 2.05) is 6.92 Å². The van der Waals surface area contributed by atoms with Gasteiger partial charge in [-0.05, 0) is 30.5 Å². The Morgan fingerprint density at radius 2 is 2.06 bits per heavy atom. The number of hydrogen-bond acceptors (Lipinski definition) is 4. The molecule has 0 fully saturated rings.